The fourth-order valence-corrected chi connectivity index (χ4v) is 8.59. The molecule has 1 aliphatic heterocycles. The Balaban J connectivity index is 1.08. The van der Waals surface area contributed by atoms with Gasteiger partial charge in [-0.05, 0) is 43.2 Å². The Morgan fingerprint density at radius 1 is 0.917 bits per heavy atom. The van der Waals surface area contributed by atoms with E-state index in [0.717, 1.165) is 24.8 Å². The number of benzene rings is 1. The minimum Gasteiger partial charge on any atom is -0.387 e. The summed E-state index contributed by atoms with van der Waals surface area (Å²) < 4.78 is 39.4. The van der Waals surface area contributed by atoms with Crippen LogP contribution in [0.25, 0.3) is 11.2 Å². The molecule has 17 heteroatoms. The molecule has 0 amide bonds. The fourth-order valence-electron chi connectivity index (χ4n) is 7.74. The topological polar surface area (TPSA) is 225 Å². The van der Waals surface area contributed by atoms with Gasteiger partial charge >= 0.3 is 7.82 Å². The van der Waals surface area contributed by atoms with Crippen LogP contribution in [-0.2, 0) is 29.7 Å². The largest absolute Gasteiger partial charge is 0.472 e. The molecule has 5 N–H and O–H groups in total. The van der Waals surface area contributed by atoms with Gasteiger partial charge in [0.1, 0.15) is 54.5 Å². The van der Waals surface area contributed by atoms with Gasteiger partial charge in [-0.1, -0.05) is 122 Å². The number of ether oxygens (including phenoxy) is 2. The molecule has 1 unspecified atom stereocenters. The van der Waals surface area contributed by atoms with E-state index in [0.29, 0.717) is 28.9 Å². The average molecular weight is 853 g/mol. The van der Waals surface area contributed by atoms with Gasteiger partial charge in [-0.15, -0.1) is 0 Å². The molecule has 5 rings (SSSR count). The van der Waals surface area contributed by atoms with Gasteiger partial charge in [0.25, 0.3) is 0 Å². The number of nitriles is 1. The number of aliphatic hydroxyl groups is 2. The standard InChI is InChI=1S/C43H65N8O8P/c1-3-4-5-6-7-8-9-10-11-12-13-14-15-16-17-18-19-20-35(56-27-33-21-22-36(34(25-33)26-44)50-32-46-30-48-50)28-57-60(54,55)58-29-43(2)41(53)39(52)40(59-43)37-23-24-38-42(45)47-31-49-51(37)38/h21-25,30-32,35,39-41,52-53H,3-20,27-29H2,1-2H3,(H,54,55)(H2,45,47,49)/t35-,39+,40+,41+,43-/m1/s1. The van der Waals surface area contributed by atoms with E-state index < -0.39 is 44.4 Å². The first-order chi connectivity index (χ1) is 29.0. The van der Waals surface area contributed by atoms with Crippen LogP contribution in [0.5, 0.6) is 0 Å². The first-order valence-corrected chi connectivity index (χ1v) is 23.3. The van der Waals surface area contributed by atoms with Gasteiger partial charge in [-0.2, -0.15) is 15.5 Å². The minimum absolute atomic E-state index is 0.137. The number of unbranched alkanes of at least 4 members (excludes halogenated alkanes) is 16. The molecule has 3 aromatic heterocycles. The van der Waals surface area contributed by atoms with Gasteiger partial charge in [0, 0.05) is 0 Å². The highest BCUT2D eigenvalue weighted by Gasteiger charge is 2.53. The average Bonchev–Trinajstić information content (AvgIpc) is 3.99. The number of phosphoric acid groups is 1. The summed E-state index contributed by atoms with van der Waals surface area (Å²) in [6, 6.07) is 10.8. The van der Waals surface area contributed by atoms with Crippen LogP contribution in [0.1, 0.15) is 152 Å². The van der Waals surface area contributed by atoms with E-state index in [1.807, 2.05) is 6.07 Å². The number of aliphatic hydroxyl groups excluding tert-OH is 2. The van der Waals surface area contributed by atoms with Crippen molar-refractivity contribution in [3.8, 4) is 11.8 Å². The molecular weight excluding hydrogens is 787 g/mol. The Bertz CT molecular complexity index is 1960. The van der Waals surface area contributed by atoms with Crippen LogP contribution in [-0.4, -0.2) is 81.6 Å². The monoisotopic (exact) mass is 852 g/mol. The van der Waals surface area contributed by atoms with Crippen molar-refractivity contribution < 1.29 is 38.2 Å². The van der Waals surface area contributed by atoms with E-state index in [-0.39, 0.29) is 19.0 Å². The van der Waals surface area contributed by atoms with Gasteiger partial charge in [0.2, 0.25) is 0 Å². The molecular formula is C43H65N8O8P. The van der Waals surface area contributed by atoms with E-state index in [1.165, 1.54) is 125 Å². The molecule has 1 aromatic carbocycles. The number of fused-ring (bicyclic) bond motifs is 1. The highest BCUT2D eigenvalue weighted by molar-refractivity contribution is 7.47. The lowest BCUT2D eigenvalue weighted by Gasteiger charge is -2.28. The molecule has 1 saturated heterocycles. The van der Waals surface area contributed by atoms with Gasteiger partial charge in [-0.25, -0.2) is 23.7 Å². The minimum atomic E-state index is -4.69. The molecule has 0 spiro atoms. The zero-order chi connectivity index (χ0) is 42.8. The maximum atomic E-state index is 13.2. The molecule has 0 saturated carbocycles. The maximum absolute atomic E-state index is 13.2. The Hall–Kier alpha value is -3.78. The number of hydrogen-bond acceptors (Lipinski definition) is 13. The Morgan fingerprint density at radius 3 is 2.18 bits per heavy atom. The quantitative estimate of drug-likeness (QED) is 0.0299. The van der Waals surface area contributed by atoms with Crippen molar-refractivity contribution in [3.63, 3.8) is 0 Å². The summed E-state index contributed by atoms with van der Waals surface area (Å²) >= 11 is 0. The number of nitrogens with zero attached hydrogens (tertiary/aromatic N) is 7. The Labute approximate surface area is 354 Å². The van der Waals surface area contributed by atoms with Crippen LogP contribution >= 0.6 is 7.82 Å². The summed E-state index contributed by atoms with van der Waals surface area (Å²) in [5, 5.41) is 40.1. The predicted molar refractivity (Wildman–Crippen MR) is 227 cm³/mol. The van der Waals surface area contributed by atoms with Gasteiger partial charge < -0.3 is 30.3 Å². The third-order valence-electron chi connectivity index (χ3n) is 11.4. The van der Waals surface area contributed by atoms with Crippen LogP contribution in [0.4, 0.5) is 5.82 Å². The third-order valence-corrected chi connectivity index (χ3v) is 12.3. The van der Waals surface area contributed by atoms with Crippen LogP contribution in [0.15, 0.2) is 49.3 Å². The van der Waals surface area contributed by atoms with Crippen LogP contribution in [0.3, 0.4) is 0 Å². The Morgan fingerprint density at radius 2 is 1.57 bits per heavy atom. The SMILES string of the molecule is CCCCCCCCCCCCCCCCCCC[C@H](COP(=O)(O)OC[C@@]1(C)O[C@@H](c2ccc3c(N)ncnn23)[C@H](O)[C@@H]1O)OCc1ccc(-n2cncn2)c(C#N)c1. The molecule has 6 atom stereocenters. The summed E-state index contributed by atoms with van der Waals surface area (Å²) in [6.45, 7) is 3.08. The normalized spacial score (nSPS) is 20.7. The van der Waals surface area contributed by atoms with Crippen molar-refractivity contribution in [3.05, 3.63) is 66.1 Å². The van der Waals surface area contributed by atoms with Crippen molar-refractivity contribution >= 4 is 19.2 Å². The first kappa shape index (κ1) is 47.3. The van der Waals surface area contributed by atoms with Gasteiger partial charge in [0.05, 0.1) is 42.9 Å². The first-order valence-electron chi connectivity index (χ1n) is 21.8. The number of phosphoric ester groups is 1. The van der Waals surface area contributed by atoms with Crippen molar-refractivity contribution in [2.45, 2.75) is 166 Å². The molecule has 4 heterocycles. The number of rotatable bonds is 29. The van der Waals surface area contributed by atoms with Crippen molar-refractivity contribution in [1.82, 2.24) is 29.4 Å². The molecule has 60 heavy (non-hydrogen) atoms. The van der Waals surface area contributed by atoms with Crippen LogP contribution in [0.2, 0.25) is 0 Å². The molecule has 1 aliphatic rings. The van der Waals surface area contributed by atoms with E-state index in [9.17, 15) is 24.9 Å². The van der Waals surface area contributed by atoms with Crippen LogP contribution < -0.4 is 5.73 Å². The molecule has 1 fully saturated rings. The van der Waals surface area contributed by atoms with Crippen molar-refractivity contribution in [2.75, 3.05) is 18.9 Å². The van der Waals surface area contributed by atoms with Crippen molar-refractivity contribution in [1.29, 1.82) is 5.26 Å². The maximum Gasteiger partial charge on any atom is 0.472 e. The highest BCUT2D eigenvalue weighted by Crippen LogP contribution is 2.48. The summed E-state index contributed by atoms with van der Waals surface area (Å²) in [7, 11) is -4.69. The predicted octanol–water partition coefficient (Wildman–Crippen LogP) is 8.08. The number of anilines is 1. The molecule has 0 bridgehead atoms. The smallest absolute Gasteiger partial charge is 0.387 e. The number of nitrogen functional groups attached to an aromatic ring is 1. The lowest BCUT2D eigenvalue weighted by atomic mass is 9.97. The number of hydrogen-bond donors (Lipinski definition) is 4. The summed E-state index contributed by atoms with van der Waals surface area (Å²) in [5.41, 5.74) is 7.02. The van der Waals surface area contributed by atoms with E-state index in [4.69, 9.17) is 24.3 Å². The second-order valence-corrected chi connectivity index (χ2v) is 17.7. The molecule has 0 aliphatic carbocycles. The summed E-state index contributed by atoms with van der Waals surface area (Å²) in [4.78, 5) is 18.7. The fraction of sp³-hybridized carbons (Fsp3) is 0.651. The second kappa shape index (κ2) is 24.0. The number of nitrogens with two attached hydrogens (primary N) is 1. The van der Waals surface area contributed by atoms with E-state index in [2.05, 4.69) is 33.2 Å². The second-order valence-electron chi connectivity index (χ2n) is 16.2. The van der Waals surface area contributed by atoms with Crippen LogP contribution in [0, 0.1) is 11.3 Å². The lowest BCUT2D eigenvalue weighted by Crippen LogP contribution is -2.44. The molecule has 0 radical (unpaired) electrons. The molecule has 16 nitrogen and oxygen atoms in total. The third kappa shape index (κ3) is 13.9. The van der Waals surface area contributed by atoms with Gasteiger partial charge in [0.15, 0.2) is 5.82 Å². The van der Waals surface area contributed by atoms with Gasteiger partial charge in [-0.3, -0.25) is 9.05 Å². The van der Waals surface area contributed by atoms with Crippen molar-refractivity contribution in [2.24, 2.45) is 0 Å². The zero-order valence-corrected chi connectivity index (χ0v) is 36.2. The lowest BCUT2D eigenvalue weighted by molar-refractivity contribution is -0.101. The zero-order valence-electron chi connectivity index (χ0n) is 35.3. The molecule has 4 aromatic rings. The summed E-state index contributed by atoms with van der Waals surface area (Å²) in [5.74, 6) is 0.231. The van der Waals surface area contributed by atoms with E-state index >= 15 is 0 Å². The highest BCUT2D eigenvalue weighted by atomic mass is 31.2. The Kier molecular flexibility index (Phi) is 18.9. The molecule has 330 valence electrons. The van der Waals surface area contributed by atoms with E-state index in [1.54, 1.807) is 24.3 Å². The number of aromatic nitrogens is 6. The summed E-state index contributed by atoms with van der Waals surface area (Å²) in [6.07, 6.45) is 21.7.